The highest BCUT2D eigenvalue weighted by Crippen LogP contribution is 2.18. The topological polar surface area (TPSA) is 29.1 Å². The summed E-state index contributed by atoms with van der Waals surface area (Å²) in [6.45, 7) is 4.08. The summed E-state index contributed by atoms with van der Waals surface area (Å²) < 4.78 is 0. The van der Waals surface area contributed by atoms with Gasteiger partial charge in [-0.2, -0.15) is 0 Å². The Morgan fingerprint density at radius 1 is 1.05 bits per heavy atom. The lowest BCUT2D eigenvalue weighted by Crippen LogP contribution is -2.32. The molecule has 1 unspecified atom stereocenters. The van der Waals surface area contributed by atoms with E-state index in [1.807, 2.05) is 73.7 Å². The normalized spacial score (nSPS) is 12.8. The van der Waals surface area contributed by atoms with Gasteiger partial charge in [-0.1, -0.05) is 67.6 Å². The first-order valence-electron chi connectivity index (χ1n) is 7.33. The molecule has 0 spiro atoms. The van der Waals surface area contributed by atoms with Crippen molar-refractivity contribution in [2.24, 2.45) is 0 Å². The van der Waals surface area contributed by atoms with E-state index >= 15 is 0 Å². The molecule has 0 saturated heterocycles. The molecule has 0 heterocycles. The Bertz CT molecular complexity index is 602. The van der Waals surface area contributed by atoms with Crippen LogP contribution >= 0.6 is 0 Å². The van der Waals surface area contributed by atoms with E-state index in [0.29, 0.717) is 5.57 Å². The van der Waals surface area contributed by atoms with Crippen molar-refractivity contribution in [1.82, 2.24) is 5.32 Å². The molecule has 2 rings (SSSR count). The third-order valence-corrected chi connectivity index (χ3v) is 3.43. The molecule has 1 N–H and O–H groups in total. The predicted octanol–water partition coefficient (Wildman–Crippen LogP) is 4.14. The maximum atomic E-state index is 12.5. The van der Waals surface area contributed by atoms with E-state index in [0.717, 1.165) is 17.5 Å². The van der Waals surface area contributed by atoms with Crippen LogP contribution in [0, 0.1) is 0 Å². The first kappa shape index (κ1) is 15.0. The SMILES string of the molecule is CCC(C)NC(=O)/C(=C\c1ccccc1)c1ccccc1. The van der Waals surface area contributed by atoms with Gasteiger partial charge < -0.3 is 5.32 Å². The van der Waals surface area contributed by atoms with Gasteiger partial charge in [0.1, 0.15) is 0 Å². The second-order valence-corrected chi connectivity index (χ2v) is 5.12. The molecule has 0 aliphatic rings. The van der Waals surface area contributed by atoms with Gasteiger partial charge in [0, 0.05) is 11.6 Å². The zero-order chi connectivity index (χ0) is 15.1. The van der Waals surface area contributed by atoms with Crippen LogP contribution in [0.2, 0.25) is 0 Å². The van der Waals surface area contributed by atoms with Crippen LogP contribution in [0.25, 0.3) is 11.6 Å². The summed E-state index contributed by atoms with van der Waals surface area (Å²) >= 11 is 0. The van der Waals surface area contributed by atoms with Gasteiger partial charge in [0.15, 0.2) is 0 Å². The zero-order valence-electron chi connectivity index (χ0n) is 12.5. The lowest BCUT2D eigenvalue weighted by atomic mass is 10.0. The Balaban J connectivity index is 2.36. The first-order valence-corrected chi connectivity index (χ1v) is 7.33. The van der Waals surface area contributed by atoms with Gasteiger partial charge in [0.25, 0.3) is 5.91 Å². The van der Waals surface area contributed by atoms with Gasteiger partial charge in [-0.3, -0.25) is 4.79 Å². The summed E-state index contributed by atoms with van der Waals surface area (Å²) in [7, 11) is 0. The smallest absolute Gasteiger partial charge is 0.252 e. The molecule has 2 heteroatoms. The van der Waals surface area contributed by atoms with Crippen molar-refractivity contribution in [3.8, 4) is 0 Å². The molecule has 0 aliphatic heterocycles. The van der Waals surface area contributed by atoms with Crippen molar-refractivity contribution >= 4 is 17.6 Å². The summed E-state index contributed by atoms with van der Waals surface area (Å²) in [6, 6.07) is 19.9. The van der Waals surface area contributed by atoms with Crippen molar-refractivity contribution in [3.05, 3.63) is 71.8 Å². The predicted molar refractivity (Wildman–Crippen MR) is 88.7 cm³/mol. The van der Waals surface area contributed by atoms with Crippen molar-refractivity contribution in [2.45, 2.75) is 26.3 Å². The van der Waals surface area contributed by atoms with Crippen molar-refractivity contribution in [2.75, 3.05) is 0 Å². The monoisotopic (exact) mass is 279 g/mol. The second kappa shape index (κ2) is 7.44. The largest absolute Gasteiger partial charge is 0.350 e. The van der Waals surface area contributed by atoms with Crippen LogP contribution in [0.1, 0.15) is 31.4 Å². The number of amides is 1. The highest BCUT2D eigenvalue weighted by Gasteiger charge is 2.13. The van der Waals surface area contributed by atoms with Crippen LogP contribution in [-0.4, -0.2) is 11.9 Å². The molecule has 0 aromatic heterocycles. The molecule has 2 aromatic carbocycles. The number of hydrogen-bond acceptors (Lipinski definition) is 1. The summed E-state index contributed by atoms with van der Waals surface area (Å²) in [5.74, 6) is -0.0283. The highest BCUT2D eigenvalue weighted by molar-refractivity contribution is 6.24. The maximum absolute atomic E-state index is 12.5. The van der Waals surface area contributed by atoms with Crippen LogP contribution in [0.5, 0.6) is 0 Å². The number of benzene rings is 2. The molecule has 21 heavy (non-hydrogen) atoms. The van der Waals surface area contributed by atoms with E-state index in [4.69, 9.17) is 0 Å². The standard InChI is InChI=1S/C19H21NO/c1-3-15(2)20-19(21)18(17-12-8-5-9-13-17)14-16-10-6-4-7-11-16/h4-15H,3H2,1-2H3,(H,20,21)/b18-14-. The highest BCUT2D eigenvalue weighted by atomic mass is 16.1. The van der Waals surface area contributed by atoms with E-state index < -0.39 is 0 Å². The van der Waals surface area contributed by atoms with Crippen LogP contribution in [-0.2, 0) is 4.79 Å². The van der Waals surface area contributed by atoms with Gasteiger partial charge in [-0.15, -0.1) is 0 Å². The Hall–Kier alpha value is -2.35. The quantitative estimate of drug-likeness (QED) is 0.646. The Labute approximate surface area is 126 Å². The van der Waals surface area contributed by atoms with E-state index in [2.05, 4.69) is 12.2 Å². The molecule has 1 atom stereocenters. The fraction of sp³-hybridized carbons (Fsp3) is 0.211. The first-order chi connectivity index (χ1) is 10.2. The van der Waals surface area contributed by atoms with Crippen LogP contribution < -0.4 is 5.32 Å². The molecular formula is C19H21NO. The van der Waals surface area contributed by atoms with E-state index in [1.165, 1.54) is 0 Å². The summed E-state index contributed by atoms with van der Waals surface area (Å²) in [5, 5.41) is 3.04. The molecule has 2 nitrogen and oxygen atoms in total. The molecule has 0 aliphatic carbocycles. The Morgan fingerprint density at radius 2 is 1.62 bits per heavy atom. The fourth-order valence-electron chi connectivity index (χ4n) is 2.02. The lowest BCUT2D eigenvalue weighted by molar-refractivity contribution is -0.116. The summed E-state index contributed by atoms with van der Waals surface area (Å²) in [4.78, 5) is 12.5. The van der Waals surface area contributed by atoms with E-state index in [1.54, 1.807) is 0 Å². The van der Waals surface area contributed by atoms with Gasteiger partial charge >= 0.3 is 0 Å². The van der Waals surface area contributed by atoms with Crippen LogP contribution in [0.4, 0.5) is 0 Å². The van der Waals surface area contributed by atoms with Gasteiger partial charge in [0.2, 0.25) is 0 Å². The Kier molecular flexibility index (Phi) is 5.33. The molecule has 1 amide bonds. The van der Waals surface area contributed by atoms with Crippen molar-refractivity contribution in [3.63, 3.8) is 0 Å². The molecule has 0 saturated carbocycles. The average Bonchev–Trinajstić information content (AvgIpc) is 2.54. The van der Waals surface area contributed by atoms with E-state index in [-0.39, 0.29) is 11.9 Å². The second-order valence-electron chi connectivity index (χ2n) is 5.12. The maximum Gasteiger partial charge on any atom is 0.252 e. The van der Waals surface area contributed by atoms with Gasteiger partial charge in [-0.25, -0.2) is 0 Å². The average molecular weight is 279 g/mol. The number of rotatable bonds is 5. The van der Waals surface area contributed by atoms with Crippen LogP contribution in [0.15, 0.2) is 60.7 Å². The number of hydrogen-bond donors (Lipinski definition) is 1. The van der Waals surface area contributed by atoms with Gasteiger partial charge in [-0.05, 0) is 30.5 Å². The molecule has 108 valence electrons. The molecule has 0 fully saturated rings. The minimum absolute atomic E-state index is 0.0283. The summed E-state index contributed by atoms with van der Waals surface area (Å²) in [6.07, 6.45) is 2.85. The van der Waals surface area contributed by atoms with Crippen LogP contribution in [0.3, 0.4) is 0 Å². The third-order valence-electron chi connectivity index (χ3n) is 3.43. The summed E-state index contributed by atoms with van der Waals surface area (Å²) in [5.41, 5.74) is 2.65. The number of carbonyl (C=O) groups excluding carboxylic acids is 1. The molecular weight excluding hydrogens is 258 g/mol. The molecule has 0 radical (unpaired) electrons. The lowest BCUT2D eigenvalue weighted by Gasteiger charge is -2.14. The van der Waals surface area contributed by atoms with E-state index in [9.17, 15) is 4.79 Å². The number of carbonyl (C=O) groups is 1. The zero-order valence-corrected chi connectivity index (χ0v) is 12.5. The minimum atomic E-state index is -0.0283. The number of nitrogens with one attached hydrogen (secondary N) is 1. The minimum Gasteiger partial charge on any atom is -0.350 e. The molecule has 2 aromatic rings. The van der Waals surface area contributed by atoms with Crippen molar-refractivity contribution < 1.29 is 4.79 Å². The molecule has 0 bridgehead atoms. The van der Waals surface area contributed by atoms with Gasteiger partial charge in [0.05, 0.1) is 0 Å². The third kappa shape index (κ3) is 4.32. The van der Waals surface area contributed by atoms with Crippen molar-refractivity contribution in [1.29, 1.82) is 0 Å². The Morgan fingerprint density at radius 3 is 2.19 bits per heavy atom. The fourth-order valence-corrected chi connectivity index (χ4v) is 2.02.